The average Bonchev–Trinajstić information content (AvgIpc) is 3.32. The van der Waals surface area contributed by atoms with E-state index in [9.17, 15) is 14.0 Å². The summed E-state index contributed by atoms with van der Waals surface area (Å²) in [7, 11) is 0. The molecule has 2 aromatic rings. The summed E-state index contributed by atoms with van der Waals surface area (Å²) in [5, 5.41) is 2.49. The van der Waals surface area contributed by atoms with Crippen molar-refractivity contribution in [3.8, 4) is 0 Å². The monoisotopic (exact) mass is 416 g/mol. The number of rotatable bonds is 7. The van der Waals surface area contributed by atoms with Crippen molar-refractivity contribution in [3.05, 3.63) is 47.7 Å². The number of cyclic esters (lactones) is 1. The first kappa shape index (κ1) is 20.2. The zero-order chi connectivity index (χ0) is 21.1. The number of carbonyl (C=O) groups excluding carboxylic acids is 2. The number of hydrogen-bond donors (Lipinski definition) is 1. The Morgan fingerprint density at radius 1 is 1.20 bits per heavy atom. The van der Waals surface area contributed by atoms with Crippen LogP contribution in [0, 0.1) is 12.7 Å². The van der Waals surface area contributed by atoms with E-state index in [1.165, 1.54) is 11.0 Å². The van der Waals surface area contributed by atoms with E-state index in [4.69, 9.17) is 9.15 Å². The zero-order valence-electron chi connectivity index (χ0n) is 16.8. The van der Waals surface area contributed by atoms with E-state index in [0.717, 1.165) is 31.2 Å². The summed E-state index contributed by atoms with van der Waals surface area (Å²) < 4.78 is 25.7. The molecular weight excluding hydrogens is 391 g/mol. The van der Waals surface area contributed by atoms with Crippen LogP contribution in [0.3, 0.4) is 0 Å². The quantitative estimate of drug-likeness (QED) is 0.697. The highest BCUT2D eigenvalue weighted by Gasteiger charge is 2.32. The maximum Gasteiger partial charge on any atom is 0.414 e. The Kier molecular flexibility index (Phi) is 5.89. The smallest absolute Gasteiger partial charge is 0.414 e. The molecule has 9 heteroatoms. The Labute approximate surface area is 174 Å². The predicted molar refractivity (Wildman–Crippen MR) is 109 cm³/mol. The number of hydrogen-bond acceptors (Lipinski definition) is 6. The molecule has 1 aromatic carbocycles. The third kappa shape index (κ3) is 4.40. The number of nitrogens with one attached hydrogen (secondary N) is 1. The molecule has 0 saturated carbocycles. The number of aryl methyl sites for hydroxylation is 1. The highest BCUT2D eigenvalue weighted by atomic mass is 19.1. The lowest BCUT2D eigenvalue weighted by molar-refractivity contribution is -0.109. The minimum atomic E-state index is -0.540. The van der Waals surface area contributed by atoms with Crippen LogP contribution in [0.5, 0.6) is 0 Å². The van der Waals surface area contributed by atoms with Gasteiger partial charge in [0.15, 0.2) is 0 Å². The molecule has 0 bridgehead atoms. The Bertz CT molecular complexity index is 910. The molecule has 1 unspecified atom stereocenters. The van der Waals surface area contributed by atoms with Crippen LogP contribution < -0.4 is 15.1 Å². The number of carbonyl (C=O) groups is 2. The molecule has 2 saturated heterocycles. The topological polar surface area (TPSA) is 78.3 Å². The third-order valence-electron chi connectivity index (χ3n) is 5.43. The SMILES string of the molecule is Cc1ccc(CN2CCN(c3ccc(N4CC(CNC=O)OC4=O)cc3F)CC2)o1. The first-order chi connectivity index (χ1) is 14.5. The number of ether oxygens (including phenoxy) is 1. The van der Waals surface area contributed by atoms with Crippen LogP contribution in [0.4, 0.5) is 20.6 Å². The molecule has 0 radical (unpaired) electrons. The van der Waals surface area contributed by atoms with Crippen molar-refractivity contribution in [2.45, 2.75) is 19.6 Å². The molecule has 4 rings (SSSR count). The maximum atomic E-state index is 14.9. The number of furan rings is 1. The van der Waals surface area contributed by atoms with Crippen molar-refractivity contribution in [2.24, 2.45) is 0 Å². The molecule has 0 aliphatic carbocycles. The summed E-state index contributed by atoms with van der Waals surface area (Å²) in [6.45, 7) is 6.22. The largest absolute Gasteiger partial charge is 0.465 e. The summed E-state index contributed by atoms with van der Waals surface area (Å²) in [5.41, 5.74) is 0.973. The molecule has 0 spiro atoms. The van der Waals surface area contributed by atoms with Gasteiger partial charge in [-0.25, -0.2) is 9.18 Å². The summed E-state index contributed by atoms with van der Waals surface area (Å²) in [6.07, 6.45) is -0.432. The van der Waals surface area contributed by atoms with E-state index in [-0.39, 0.29) is 18.9 Å². The van der Waals surface area contributed by atoms with Crippen LogP contribution in [0.25, 0.3) is 0 Å². The van der Waals surface area contributed by atoms with Crippen molar-refractivity contribution in [1.29, 1.82) is 0 Å². The molecule has 2 aliphatic heterocycles. The van der Waals surface area contributed by atoms with E-state index in [1.54, 1.807) is 12.1 Å². The third-order valence-corrected chi connectivity index (χ3v) is 5.43. The van der Waals surface area contributed by atoms with E-state index in [2.05, 4.69) is 10.2 Å². The van der Waals surface area contributed by atoms with Gasteiger partial charge < -0.3 is 19.4 Å². The molecule has 1 aromatic heterocycles. The van der Waals surface area contributed by atoms with Gasteiger partial charge in [-0.3, -0.25) is 14.6 Å². The standard InChI is InChI=1S/C21H25FN4O4/c1-15-2-4-17(29-15)12-24-6-8-25(9-7-24)20-5-3-16(10-19(20)22)26-13-18(11-23-14-27)30-21(26)28/h2-5,10,14,18H,6-9,11-13H2,1H3,(H,23,27). The molecular formula is C21H25FN4O4. The fourth-order valence-electron chi connectivity index (χ4n) is 3.88. The second kappa shape index (κ2) is 8.74. The molecule has 2 amide bonds. The fourth-order valence-corrected chi connectivity index (χ4v) is 3.88. The number of amides is 2. The van der Waals surface area contributed by atoms with Crippen LogP contribution in [0.1, 0.15) is 11.5 Å². The van der Waals surface area contributed by atoms with Gasteiger partial charge in [-0.1, -0.05) is 0 Å². The highest BCUT2D eigenvalue weighted by Crippen LogP contribution is 2.28. The van der Waals surface area contributed by atoms with Crippen LogP contribution >= 0.6 is 0 Å². The van der Waals surface area contributed by atoms with Crippen LogP contribution in [0.2, 0.25) is 0 Å². The van der Waals surface area contributed by atoms with Crippen molar-refractivity contribution < 1.29 is 23.1 Å². The van der Waals surface area contributed by atoms with Gasteiger partial charge in [0, 0.05) is 26.2 Å². The lowest BCUT2D eigenvalue weighted by Gasteiger charge is -2.36. The molecule has 3 heterocycles. The van der Waals surface area contributed by atoms with Gasteiger partial charge in [0.2, 0.25) is 6.41 Å². The van der Waals surface area contributed by atoms with Crippen LogP contribution in [-0.4, -0.2) is 62.8 Å². The van der Waals surface area contributed by atoms with Crippen LogP contribution in [0.15, 0.2) is 34.7 Å². The van der Waals surface area contributed by atoms with Crippen molar-refractivity contribution in [3.63, 3.8) is 0 Å². The zero-order valence-corrected chi connectivity index (χ0v) is 16.8. The second-order valence-corrected chi connectivity index (χ2v) is 7.55. The summed E-state index contributed by atoms with van der Waals surface area (Å²) in [4.78, 5) is 28.2. The normalized spacial score (nSPS) is 19.8. The van der Waals surface area contributed by atoms with Gasteiger partial charge in [-0.2, -0.15) is 0 Å². The Morgan fingerprint density at radius 3 is 2.67 bits per heavy atom. The molecule has 1 N–H and O–H groups in total. The summed E-state index contributed by atoms with van der Waals surface area (Å²) in [6, 6.07) is 8.75. The number of nitrogens with zero attached hydrogens (tertiary/aromatic N) is 3. The Morgan fingerprint density at radius 2 is 2.00 bits per heavy atom. The average molecular weight is 416 g/mol. The molecule has 160 valence electrons. The van der Waals surface area contributed by atoms with Gasteiger partial charge in [0.25, 0.3) is 0 Å². The van der Waals surface area contributed by atoms with Gasteiger partial charge >= 0.3 is 6.09 Å². The van der Waals surface area contributed by atoms with Crippen molar-refractivity contribution in [1.82, 2.24) is 10.2 Å². The van der Waals surface area contributed by atoms with Crippen LogP contribution in [-0.2, 0) is 16.1 Å². The molecule has 2 fully saturated rings. The van der Waals surface area contributed by atoms with Crippen molar-refractivity contribution in [2.75, 3.05) is 49.1 Å². The second-order valence-electron chi connectivity index (χ2n) is 7.55. The molecule has 30 heavy (non-hydrogen) atoms. The van der Waals surface area contributed by atoms with Gasteiger partial charge in [-0.15, -0.1) is 0 Å². The predicted octanol–water partition coefficient (Wildman–Crippen LogP) is 2.12. The molecule has 1 atom stereocenters. The van der Waals surface area contributed by atoms with E-state index in [1.807, 2.05) is 24.0 Å². The molecule has 2 aliphatic rings. The first-order valence-electron chi connectivity index (χ1n) is 10.0. The first-order valence-corrected chi connectivity index (χ1v) is 10.0. The number of benzene rings is 1. The van der Waals surface area contributed by atoms with E-state index < -0.39 is 12.2 Å². The Hall–Kier alpha value is -3.07. The number of piperazine rings is 1. The van der Waals surface area contributed by atoms with E-state index >= 15 is 0 Å². The van der Waals surface area contributed by atoms with E-state index in [0.29, 0.717) is 30.9 Å². The fraction of sp³-hybridized carbons (Fsp3) is 0.429. The minimum absolute atomic E-state index is 0.230. The summed E-state index contributed by atoms with van der Waals surface area (Å²) >= 11 is 0. The Balaban J connectivity index is 1.36. The number of anilines is 2. The van der Waals surface area contributed by atoms with Gasteiger partial charge in [-0.05, 0) is 37.3 Å². The lowest BCUT2D eigenvalue weighted by Crippen LogP contribution is -2.46. The van der Waals surface area contributed by atoms with Gasteiger partial charge in [0.1, 0.15) is 23.4 Å². The lowest BCUT2D eigenvalue weighted by atomic mass is 10.2. The molecule has 8 nitrogen and oxygen atoms in total. The van der Waals surface area contributed by atoms with Crippen molar-refractivity contribution >= 4 is 23.9 Å². The maximum absolute atomic E-state index is 14.9. The minimum Gasteiger partial charge on any atom is -0.465 e. The highest BCUT2D eigenvalue weighted by molar-refractivity contribution is 5.90. The number of halogens is 1. The summed E-state index contributed by atoms with van der Waals surface area (Å²) in [5.74, 6) is 1.47. The van der Waals surface area contributed by atoms with Gasteiger partial charge in [0.05, 0.1) is 31.0 Å².